The first-order valence-corrected chi connectivity index (χ1v) is 6.04. The quantitative estimate of drug-likeness (QED) is 0.795. The summed E-state index contributed by atoms with van der Waals surface area (Å²) >= 11 is 1.67. The minimum Gasteiger partial charge on any atom is -0.398 e. The number of benzene rings is 1. The highest BCUT2D eigenvalue weighted by Crippen LogP contribution is 2.32. The van der Waals surface area contributed by atoms with Gasteiger partial charge in [-0.15, -0.1) is 11.3 Å². The van der Waals surface area contributed by atoms with Crippen LogP contribution in [-0.4, -0.2) is 4.98 Å². The second kappa shape index (κ2) is 3.35. The minimum absolute atomic E-state index is 0.983. The van der Waals surface area contributed by atoms with E-state index in [9.17, 15) is 0 Å². The lowest BCUT2D eigenvalue weighted by atomic mass is 9.88. The summed E-state index contributed by atoms with van der Waals surface area (Å²) in [7, 11) is 0. The Balaban J connectivity index is 2.10. The number of nitrogens with zero attached hydrogens (tertiary/aromatic N) is 1. The predicted molar refractivity (Wildman–Crippen MR) is 64.6 cm³/mol. The Bertz CT molecular complexity index is 533. The molecular weight excluding hydrogens is 204 g/mol. The van der Waals surface area contributed by atoms with Gasteiger partial charge < -0.3 is 5.73 Å². The molecule has 0 bridgehead atoms. The first-order chi connectivity index (χ1) is 7.34. The Morgan fingerprint density at radius 2 is 2.20 bits per heavy atom. The van der Waals surface area contributed by atoms with Gasteiger partial charge in [-0.2, -0.15) is 0 Å². The molecule has 2 N–H and O–H groups in total. The molecule has 1 aromatic carbocycles. The highest BCUT2D eigenvalue weighted by atomic mass is 32.1. The SMILES string of the molecule is NC(=C1CCC1)c1ccc2ncsc2c1. The third kappa shape index (κ3) is 1.43. The summed E-state index contributed by atoms with van der Waals surface area (Å²) < 4.78 is 1.22. The summed E-state index contributed by atoms with van der Waals surface area (Å²) in [6.45, 7) is 0. The highest BCUT2D eigenvalue weighted by Gasteiger charge is 2.13. The van der Waals surface area contributed by atoms with Gasteiger partial charge >= 0.3 is 0 Å². The largest absolute Gasteiger partial charge is 0.398 e. The molecule has 1 aliphatic rings. The number of nitrogens with two attached hydrogens (primary N) is 1. The van der Waals surface area contributed by atoms with Crippen molar-refractivity contribution in [3.05, 3.63) is 34.8 Å². The van der Waals surface area contributed by atoms with Gasteiger partial charge in [0.1, 0.15) is 0 Å². The molecule has 0 aliphatic heterocycles. The molecule has 0 amide bonds. The van der Waals surface area contributed by atoms with Crippen molar-refractivity contribution in [3.63, 3.8) is 0 Å². The van der Waals surface area contributed by atoms with Gasteiger partial charge in [-0.05, 0) is 42.5 Å². The van der Waals surface area contributed by atoms with Crippen LogP contribution in [0.3, 0.4) is 0 Å². The van der Waals surface area contributed by atoms with Crippen LogP contribution in [0.15, 0.2) is 29.3 Å². The molecule has 3 rings (SSSR count). The summed E-state index contributed by atoms with van der Waals surface area (Å²) in [5.74, 6) is 0. The summed E-state index contributed by atoms with van der Waals surface area (Å²) in [6.07, 6.45) is 3.64. The molecule has 2 aromatic rings. The molecule has 1 heterocycles. The molecule has 76 valence electrons. The van der Waals surface area contributed by atoms with Gasteiger partial charge in [0, 0.05) is 5.70 Å². The lowest BCUT2D eigenvalue weighted by molar-refractivity contribution is 0.664. The smallest absolute Gasteiger partial charge is 0.0812 e. The van der Waals surface area contributed by atoms with E-state index >= 15 is 0 Å². The number of fused-ring (bicyclic) bond motifs is 1. The predicted octanol–water partition coefficient (Wildman–Crippen LogP) is 3.15. The molecule has 2 nitrogen and oxygen atoms in total. The van der Waals surface area contributed by atoms with E-state index in [-0.39, 0.29) is 0 Å². The van der Waals surface area contributed by atoms with E-state index in [0.29, 0.717) is 0 Å². The van der Waals surface area contributed by atoms with Crippen LogP contribution in [0.25, 0.3) is 15.9 Å². The molecule has 0 unspecified atom stereocenters. The van der Waals surface area contributed by atoms with Gasteiger partial charge in [-0.25, -0.2) is 4.98 Å². The maximum Gasteiger partial charge on any atom is 0.0812 e. The maximum absolute atomic E-state index is 6.12. The first-order valence-electron chi connectivity index (χ1n) is 5.16. The van der Waals surface area contributed by atoms with Crippen LogP contribution in [0.4, 0.5) is 0 Å². The van der Waals surface area contributed by atoms with Crippen molar-refractivity contribution in [1.29, 1.82) is 0 Å². The normalized spacial score (nSPS) is 15.3. The fourth-order valence-corrected chi connectivity index (χ4v) is 2.57. The zero-order valence-electron chi connectivity index (χ0n) is 8.36. The van der Waals surface area contributed by atoms with Crippen molar-refractivity contribution in [2.45, 2.75) is 19.3 Å². The van der Waals surface area contributed by atoms with Gasteiger partial charge in [-0.3, -0.25) is 0 Å². The standard InChI is InChI=1S/C12H12N2S/c13-12(8-2-1-3-8)9-4-5-10-11(6-9)15-7-14-10/h4-7H,1-3,13H2. The van der Waals surface area contributed by atoms with Gasteiger partial charge in [0.15, 0.2) is 0 Å². The number of hydrogen-bond donors (Lipinski definition) is 1. The molecular formula is C12H12N2S. The fraction of sp³-hybridized carbons (Fsp3) is 0.250. The topological polar surface area (TPSA) is 38.9 Å². The third-order valence-electron chi connectivity index (χ3n) is 2.98. The van der Waals surface area contributed by atoms with E-state index in [0.717, 1.165) is 16.8 Å². The Labute approximate surface area is 92.4 Å². The molecule has 1 fully saturated rings. The van der Waals surface area contributed by atoms with E-state index in [1.54, 1.807) is 11.3 Å². The van der Waals surface area contributed by atoms with Crippen molar-refractivity contribution in [1.82, 2.24) is 4.98 Å². The summed E-state index contributed by atoms with van der Waals surface area (Å²) in [6, 6.07) is 6.27. The fourth-order valence-electron chi connectivity index (χ4n) is 1.85. The summed E-state index contributed by atoms with van der Waals surface area (Å²) in [5.41, 5.74) is 12.6. The lowest BCUT2D eigenvalue weighted by Crippen LogP contribution is -2.07. The van der Waals surface area contributed by atoms with E-state index in [4.69, 9.17) is 5.73 Å². The molecule has 0 spiro atoms. The van der Waals surface area contributed by atoms with Crippen LogP contribution < -0.4 is 5.73 Å². The third-order valence-corrected chi connectivity index (χ3v) is 3.77. The van der Waals surface area contributed by atoms with Crippen LogP contribution in [0.2, 0.25) is 0 Å². The van der Waals surface area contributed by atoms with Crippen molar-refractivity contribution in [3.8, 4) is 0 Å². The van der Waals surface area contributed by atoms with Crippen molar-refractivity contribution in [2.75, 3.05) is 0 Å². The molecule has 0 atom stereocenters. The monoisotopic (exact) mass is 216 g/mol. The zero-order chi connectivity index (χ0) is 10.3. The molecule has 0 saturated heterocycles. The Morgan fingerprint density at radius 1 is 1.33 bits per heavy atom. The van der Waals surface area contributed by atoms with Crippen molar-refractivity contribution in [2.24, 2.45) is 5.73 Å². The van der Waals surface area contributed by atoms with Crippen LogP contribution in [-0.2, 0) is 0 Å². The summed E-state index contributed by atoms with van der Waals surface area (Å²) in [5, 5.41) is 0. The number of allylic oxidation sites excluding steroid dienone is 1. The second-order valence-electron chi connectivity index (χ2n) is 3.91. The Hall–Kier alpha value is -1.35. The van der Waals surface area contributed by atoms with Gasteiger partial charge in [-0.1, -0.05) is 6.07 Å². The van der Waals surface area contributed by atoms with Gasteiger partial charge in [0.25, 0.3) is 0 Å². The van der Waals surface area contributed by atoms with E-state index in [2.05, 4.69) is 17.1 Å². The van der Waals surface area contributed by atoms with E-state index < -0.39 is 0 Å². The van der Waals surface area contributed by atoms with E-state index in [1.165, 1.54) is 29.5 Å². The Kier molecular flexibility index (Phi) is 1.99. The number of rotatable bonds is 1. The average molecular weight is 216 g/mol. The molecule has 1 aliphatic carbocycles. The van der Waals surface area contributed by atoms with E-state index in [1.807, 2.05) is 11.6 Å². The number of hydrogen-bond acceptors (Lipinski definition) is 3. The molecule has 1 aromatic heterocycles. The van der Waals surface area contributed by atoms with Crippen LogP contribution >= 0.6 is 11.3 Å². The van der Waals surface area contributed by atoms with Crippen molar-refractivity contribution >= 4 is 27.3 Å². The molecule has 0 radical (unpaired) electrons. The maximum atomic E-state index is 6.12. The highest BCUT2D eigenvalue weighted by molar-refractivity contribution is 7.16. The number of aromatic nitrogens is 1. The average Bonchev–Trinajstić information content (AvgIpc) is 2.61. The second-order valence-corrected chi connectivity index (χ2v) is 4.79. The van der Waals surface area contributed by atoms with Gasteiger partial charge in [0.2, 0.25) is 0 Å². The van der Waals surface area contributed by atoms with Crippen LogP contribution in [0, 0.1) is 0 Å². The first kappa shape index (κ1) is 8.92. The van der Waals surface area contributed by atoms with Gasteiger partial charge in [0.05, 0.1) is 15.7 Å². The lowest BCUT2D eigenvalue weighted by Gasteiger charge is -2.19. The van der Waals surface area contributed by atoms with Crippen LogP contribution in [0.1, 0.15) is 24.8 Å². The minimum atomic E-state index is 0.983. The molecule has 3 heteroatoms. The number of thiazole rings is 1. The van der Waals surface area contributed by atoms with Crippen LogP contribution in [0.5, 0.6) is 0 Å². The van der Waals surface area contributed by atoms with Crippen molar-refractivity contribution < 1.29 is 0 Å². The molecule has 1 saturated carbocycles. The Morgan fingerprint density at radius 3 is 2.93 bits per heavy atom. The molecule has 15 heavy (non-hydrogen) atoms. The zero-order valence-corrected chi connectivity index (χ0v) is 9.18. The summed E-state index contributed by atoms with van der Waals surface area (Å²) in [4.78, 5) is 4.26.